The van der Waals surface area contributed by atoms with Crippen molar-refractivity contribution in [3.05, 3.63) is 70.2 Å². The van der Waals surface area contributed by atoms with Gasteiger partial charge >= 0.3 is 0 Å². The highest BCUT2D eigenvalue weighted by Gasteiger charge is 2.13. The van der Waals surface area contributed by atoms with Crippen molar-refractivity contribution in [2.45, 2.75) is 19.8 Å². The maximum Gasteiger partial charge on any atom is 0.137 e. The molecule has 124 valence electrons. The van der Waals surface area contributed by atoms with Gasteiger partial charge in [0, 0.05) is 24.9 Å². The summed E-state index contributed by atoms with van der Waals surface area (Å²) in [4.78, 5) is 2.29. The summed E-state index contributed by atoms with van der Waals surface area (Å²) in [6.07, 6.45) is 9.56. The number of ether oxygens (including phenoxy) is 1. The van der Waals surface area contributed by atoms with Crippen molar-refractivity contribution in [3.63, 3.8) is 0 Å². The Kier molecular flexibility index (Phi) is 4.73. The third-order valence-corrected chi connectivity index (χ3v) is 4.34. The largest absolute Gasteiger partial charge is 0.462 e. The Labute approximate surface area is 148 Å². The third kappa shape index (κ3) is 3.65. The minimum atomic E-state index is 0.0883. The minimum absolute atomic E-state index is 0.0883. The van der Waals surface area contributed by atoms with Crippen molar-refractivity contribution in [1.29, 1.82) is 10.5 Å². The Morgan fingerprint density at radius 1 is 1.20 bits per heavy atom. The quantitative estimate of drug-likeness (QED) is 0.761. The number of anilines is 1. The van der Waals surface area contributed by atoms with Gasteiger partial charge in [-0.05, 0) is 61.3 Å². The Morgan fingerprint density at radius 2 is 2.00 bits per heavy atom. The van der Waals surface area contributed by atoms with Crippen LogP contribution in [0, 0.1) is 22.7 Å². The summed E-state index contributed by atoms with van der Waals surface area (Å²) in [6.45, 7) is 2.91. The number of nitrogens with zero attached hydrogens (tertiary/aromatic N) is 3. The SMILES string of the molecule is CC1=CC(=C(C#N)C#N)C=C(C=Cc2ccc3c(c2)CCCN3C)O1. The smallest absolute Gasteiger partial charge is 0.137 e. The Hall–Kier alpha value is -3.24. The first-order chi connectivity index (χ1) is 12.1. The standard InChI is InChI=1S/C21H19N3O/c1-15-10-18(19(13-22)14-23)12-20(25-15)7-5-16-6-8-21-17(11-16)4-3-9-24(21)2/h5-8,10-12H,3-4,9H2,1-2H3. The molecule has 1 aromatic carbocycles. The van der Waals surface area contributed by atoms with Crippen LogP contribution >= 0.6 is 0 Å². The number of hydrogen-bond acceptors (Lipinski definition) is 4. The first-order valence-corrected chi connectivity index (χ1v) is 8.25. The van der Waals surface area contributed by atoms with E-state index in [1.807, 2.05) is 31.2 Å². The second-order valence-electron chi connectivity index (χ2n) is 6.20. The molecule has 4 nitrogen and oxygen atoms in total. The molecule has 1 aromatic rings. The molecule has 2 aliphatic rings. The molecule has 0 fully saturated rings. The zero-order valence-corrected chi connectivity index (χ0v) is 14.4. The van der Waals surface area contributed by atoms with Gasteiger partial charge < -0.3 is 9.64 Å². The van der Waals surface area contributed by atoms with Gasteiger partial charge in [0.25, 0.3) is 0 Å². The third-order valence-electron chi connectivity index (χ3n) is 4.34. The van der Waals surface area contributed by atoms with E-state index in [0.717, 1.165) is 18.5 Å². The first kappa shape index (κ1) is 16.6. The zero-order chi connectivity index (χ0) is 17.8. The normalized spacial score (nSPS) is 16.3. The van der Waals surface area contributed by atoms with Crippen LogP contribution in [-0.2, 0) is 11.2 Å². The van der Waals surface area contributed by atoms with Crippen LogP contribution in [0.3, 0.4) is 0 Å². The molecule has 0 amide bonds. The fourth-order valence-electron chi connectivity index (χ4n) is 3.13. The highest BCUT2D eigenvalue weighted by Crippen LogP contribution is 2.28. The van der Waals surface area contributed by atoms with Gasteiger partial charge in [-0.25, -0.2) is 0 Å². The van der Waals surface area contributed by atoms with Crippen LogP contribution in [0.5, 0.6) is 0 Å². The van der Waals surface area contributed by atoms with Crippen LogP contribution in [0.15, 0.2) is 59.1 Å². The topological polar surface area (TPSA) is 60.0 Å². The fourth-order valence-corrected chi connectivity index (χ4v) is 3.13. The van der Waals surface area contributed by atoms with E-state index in [0.29, 0.717) is 17.1 Å². The average Bonchev–Trinajstić information content (AvgIpc) is 2.61. The summed E-state index contributed by atoms with van der Waals surface area (Å²) < 4.78 is 5.68. The molecule has 0 saturated heterocycles. The summed E-state index contributed by atoms with van der Waals surface area (Å²) in [6, 6.07) is 10.3. The maximum atomic E-state index is 9.04. The lowest BCUT2D eigenvalue weighted by Crippen LogP contribution is -2.24. The first-order valence-electron chi connectivity index (χ1n) is 8.25. The lowest BCUT2D eigenvalue weighted by Gasteiger charge is -2.27. The number of allylic oxidation sites excluding steroid dienone is 6. The number of fused-ring (bicyclic) bond motifs is 1. The van der Waals surface area contributed by atoms with Crippen molar-refractivity contribution in [1.82, 2.24) is 0 Å². The Morgan fingerprint density at radius 3 is 2.76 bits per heavy atom. The average molecular weight is 329 g/mol. The van der Waals surface area contributed by atoms with E-state index in [2.05, 4.69) is 30.1 Å². The molecule has 3 rings (SSSR count). The van der Waals surface area contributed by atoms with Crippen molar-refractivity contribution < 1.29 is 4.74 Å². The van der Waals surface area contributed by atoms with Crippen LogP contribution in [0.4, 0.5) is 5.69 Å². The van der Waals surface area contributed by atoms with E-state index in [4.69, 9.17) is 15.3 Å². The van der Waals surface area contributed by atoms with Gasteiger partial charge in [0.15, 0.2) is 0 Å². The van der Waals surface area contributed by atoms with Gasteiger partial charge in [-0.3, -0.25) is 0 Å². The van der Waals surface area contributed by atoms with Crippen LogP contribution in [0.2, 0.25) is 0 Å². The van der Waals surface area contributed by atoms with Crippen LogP contribution < -0.4 is 4.90 Å². The van der Waals surface area contributed by atoms with Gasteiger partial charge in [-0.2, -0.15) is 10.5 Å². The number of hydrogen-bond donors (Lipinski definition) is 0. The van der Waals surface area contributed by atoms with E-state index >= 15 is 0 Å². The summed E-state index contributed by atoms with van der Waals surface area (Å²) in [5.41, 5.74) is 4.44. The monoisotopic (exact) mass is 329 g/mol. The molecule has 4 heteroatoms. The molecule has 0 bridgehead atoms. The van der Waals surface area contributed by atoms with E-state index in [-0.39, 0.29) is 5.57 Å². The lowest BCUT2D eigenvalue weighted by atomic mass is 9.99. The predicted molar refractivity (Wildman–Crippen MR) is 98.2 cm³/mol. The minimum Gasteiger partial charge on any atom is -0.462 e. The second-order valence-corrected chi connectivity index (χ2v) is 6.20. The number of rotatable bonds is 2. The second kappa shape index (κ2) is 7.11. The van der Waals surface area contributed by atoms with Crippen molar-refractivity contribution in [3.8, 4) is 12.1 Å². The Bertz CT molecular complexity index is 888. The van der Waals surface area contributed by atoms with E-state index < -0.39 is 0 Å². The highest BCUT2D eigenvalue weighted by atomic mass is 16.5. The van der Waals surface area contributed by atoms with Gasteiger partial charge in [-0.15, -0.1) is 0 Å². The van der Waals surface area contributed by atoms with E-state index in [1.54, 1.807) is 12.2 Å². The summed E-state index contributed by atoms with van der Waals surface area (Å²) in [7, 11) is 2.12. The van der Waals surface area contributed by atoms with Gasteiger partial charge in [0.2, 0.25) is 0 Å². The molecule has 0 radical (unpaired) electrons. The summed E-state index contributed by atoms with van der Waals surface area (Å²) >= 11 is 0. The van der Waals surface area contributed by atoms with E-state index in [9.17, 15) is 0 Å². The molecule has 2 aliphatic heterocycles. The molecule has 0 atom stereocenters. The van der Waals surface area contributed by atoms with Gasteiger partial charge in [0.05, 0.1) is 0 Å². The van der Waals surface area contributed by atoms with Crippen LogP contribution in [-0.4, -0.2) is 13.6 Å². The van der Waals surface area contributed by atoms with Crippen LogP contribution in [0.1, 0.15) is 24.5 Å². The predicted octanol–water partition coefficient (Wildman–Crippen LogP) is 4.24. The van der Waals surface area contributed by atoms with Crippen LogP contribution in [0.25, 0.3) is 6.08 Å². The Balaban J connectivity index is 1.86. The fraction of sp³-hybridized carbons (Fsp3) is 0.238. The molecule has 25 heavy (non-hydrogen) atoms. The lowest BCUT2D eigenvalue weighted by molar-refractivity contribution is 0.318. The molecule has 0 aromatic heterocycles. The van der Waals surface area contributed by atoms with Gasteiger partial charge in [0.1, 0.15) is 29.2 Å². The van der Waals surface area contributed by atoms with Gasteiger partial charge in [-0.1, -0.05) is 12.1 Å². The van der Waals surface area contributed by atoms with Crippen molar-refractivity contribution >= 4 is 11.8 Å². The molecular weight excluding hydrogens is 310 g/mol. The zero-order valence-electron chi connectivity index (χ0n) is 14.4. The van der Waals surface area contributed by atoms with Crippen molar-refractivity contribution in [2.75, 3.05) is 18.5 Å². The summed E-state index contributed by atoms with van der Waals surface area (Å²) in [5.74, 6) is 1.28. The van der Waals surface area contributed by atoms with Crippen molar-refractivity contribution in [2.24, 2.45) is 0 Å². The molecule has 0 N–H and O–H groups in total. The molecule has 0 aliphatic carbocycles. The molecule has 0 saturated carbocycles. The number of nitriles is 2. The molecule has 0 unspecified atom stereocenters. The molecule has 0 spiro atoms. The number of aryl methyl sites for hydroxylation is 1. The maximum absolute atomic E-state index is 9.04. The summed E-state index contributed by atoms with van der Waals surface area (Å²) in [5, 5.41) is 18.1. The molecule has 2 heterocycles. The number of benzene rings is 1. The highest BCUT2D eigenvalue weighted by molar-refractivity contribution is 5.63. The van der Waals surface area contributed by atoms with E-state index in [1.165, 1.54) is 17.7 Å². The molecular formula is C21H19N3O.